The number of carbonyl (C=O) groups excluding carboxylic acids is 2. The number of amidine groups is 1. The predicted molar refractivity (Wildman–Crippen MR) is 114 cm³/mol. The third-order valence-corrected chi connectivity index (χ3v) is 6.04. The smallest absolute Gasteiger partial charge is 0.270 e. The molecule has 1 atom stereocenters. The van der Waals surface area contributed by atoms with E-state index in [-0.39, 0.29) is 11.9 Å². The van der Waals surface area contributed by atoms with Crippen LogP contribution in [0.1, 0.15) is 29.4 Å². The van der Waals surface area contributed by atoms with Gasteiger partial charge in [-0.3, -0.25) is 14.6 Å². The Labute approximate surface area is 176 Å². The Hall–Kier alpha value is -3.29. The van der Waals surface area contributed by atoms with E-state index in [1.54, 1.807) is 11.7 Å². The van der Waals surface area contributed by atoms with Gasteiger partial charge >= 0.3 is 12.0 Å². The average molecular weight is 407 g/mol. The molecule has 1 aromatic carbocycles. The number of rotatable bonds is 4. The van der Waals surface area contributed by atoms with Crippen molar-refractivity contribution in [1.82, 2.24) is 19.6 Å². The third kappa shape index (κ3) is 3.03. The van der Waals surface area contributed by atoms with E-state index >= 15 is 0 Å². The molecule has 0 N–H and O–H groups in total. The Bertz CT molecular complexity index is 1080. The van der Waals surface area contributed by atoms with Gasteiger partial charge in [0.25, 0.3) is 5.91 Å². The number of aromatic nitrogens is 2. The van der Waals surface area contributed by atoms with Crippen molar-refractivity contribution in [3.8, 4) is 0 Å². The Balaban J connectivity index is 1.70. The minimum absolute atomic E-state index is 0.233. The zero-order chi connectivity index (χ0) is 21.6. The second kappa shape index (κ2) is 7.51. The molecule has 4 rings (SSSR count). The number of amides is 3. The molecule has 30 heavy (non-hydrogen) atoms. The highest BCUT2D eigenvalue weighted by Gasteiger charge is 2.52. The first-order valence-corrected chi connectivity index (χ1v) is 10.2. The minimum atomic E-state index is -0.618. The van der Waals surface area contributed by atoms with Gasteiger partial charge in [0.1, 0.15) is 5.69 Å². The highest BCUT2D eigenvalue weighted by atomic mass is 16.2. The van der Waals surface area contributed by atoms with Gasteiger partial charge in [-0.05, 0) is 39.7 Å². The van der Waals surface area contributed by atoms with Crippen molar-refractivity contribution >= 4 is 23.7 Å². The molecule has 2 aliphatic heterocycles. The first-order valence-electron chi connectivity index (χ1n) is 10.2. The Morgan fingerprint density at radius 1 is 1.10 bits per heavy atom. The number of hydrogen-bond acceptors (Lipinski definition) is 4. The second-order valence-electron chi connectivity index (χ2n) is 7.73. The van der Waals surface area contributed by atoms with Crippen molar-refractivity contribution in [1.29, 1.82) is 0 Å². The number of aryl methyl sites for hydroxylation is 1. The number of likely N-dealkylation sites (N-methyl/N-ethyl adjacent to an activating group) is 2. The number of imide groups is 1. The van der Waals surface area contributed by atoms with Crippen LogP contribution >= 0.6 is 0 Å². The number of fused-ring (bicyclic) bond motifs is 1. The molecule has 8 heteroatoms. The van der Waals surface area contributed by atoms with Gasteiger partial charge in [-0.15, -0.1) is 9.78 Å². The molecule has 0 saturated carbocycles. The Morgan fingerprint density at radius 2 is 1.80 bits per heavy atom. The zero-order valence-electron chi connectivity index (χ0n) is 18.1. The molecule has 3 heterocycles. The van der Waals surface area contributed by atoms with Crippen molar-refractivity contribution in [2.75, 3.05) is 20.1 Å². The number of urea groups is 1. The minimum Gasteiger partial charge on any atom is -0.270 e. The van der Waals surface area contributed by atoms with E-state index in [0.717, 1.165) is 22.5 Å². The Morgan fingerprint density at radius 3 is 2.40 bits per heavy atom. The van der Waals surface area contributed by atoms with Gasteiger partial charge in [0.2, 0.25) is 11.9 Å². The summed E-state index contributed by atoms with van der Waals surface area (Å²) >= 11 is 0. The van der Waals surface area contributed by atoms with Crippen LogP contribution < -0.4 is 0 Å². The van der Waals surface area contributed by atoms with E-state index in [9.17, 15) is 9.59 Å². The summed E-state index contributed by atoms with van der Waals surface area (Å²) in [6.45, 7) is 8.85. The lowest BCUT2D eigenvalue weighted by molar-refractivity contribution is -0.534. The van der Waals surface area contributed by atoms with E-state index < -0.39 is 6.04 Å². The first-order chi connectivity index (χ1) is 14.3. The van der Waals surface area contributed by atoms with E-state index in [2.05, 4.69) is 5.10 Å². The fraction of sp³-hybridized carbons (Fsp3) is 0.409. The van der Waals surface area contributed by atoms with Crippen LogP contribution in [0.25, 0.3) is 0 Å². The quantitative estimate of drug-likeness (QED) is 0.728. The summed E-state index contributed by atoms with van der Waals surface area (Å²) < 4.78 is 3.70. The lowest BCUT2D eigenvalue weighted by Crippen LogP contribution is -2.63. The van der Waals surface area contributed by atoms with Crippen molar-refractivity contribution in [3.63, 3.8) is 0 Å². The standard InChI is InChI=1S/C22H27N6O2/c1-6-26-18-19(23-21(26)28-16(4)14(2)15(3)24-28)25(5)22(30)27(20(18)29)13-12-17-10-8-7-9-11-17/h7-11,18H,6,12-13H2,1-5H3/q+1. The topological polar surface area (TPSA) is 73.8 Å². The van der Waals surface area contributed by atoms with Gasteiger partial charge in [-0.25, -0.2) is 9.37 Å². The largest absolute Gasteiger partial charge is 0.421 e. The summed E-state index contributed by atoms with van der Waals surface area (Å²) in [6.07, 6.45) is 0.616. The molecular formula is C22H27N6O2+. The molecular weight excluding hydrogens is 380 g/mol. The van der Waals surface area contributed by atoms with Crippen molar-refractivity contribution < 1.29 is 14.2 Å². The van der Waals surface area contributed by atoms with Gasteiger partial charge in [-0.2, -0.15) is 0 Å². The second-order valence-corrected chi connectivity index (χ2v) is 7.73. The molecule has 1 unspecified atom stereocenters. The average Bonchev–Trinajstić information content (AvgIpc) is 3.26. The summed E-state index contributed by atoms with van der Waals surface area (Å²) in [5, 5.41) is 4.61. The molecule has 1 saturated heterocycles. The van der Waals surface area contributed by atoms with Crippen LogP contribution in [0.2, 0.25) is 0 Å². The van der Waals surface area contributed by atoms with Crippen LogP contribution in [-0.2, 0) is 11.2 Å². The number of nitrogens with zero attached hydrogens (tertiary/aromatic N) is 6. The molecule has 8 nitrogen and oxygen atoms in total. The van der Waals surface area contributed by atoms with E-state index in [0.29, 0.717) is 31.3 Å². The number of benzene rings is 1. The summed E-state index contributed by atoms with van der Waals surface area (Å²) in [6, 6.07) is 8.91. The molecule has 156 valence electrons. The normalized spacial score (nSPS) is 19.0. The number of aliphatic imine (C=N–C) groups is 1. The van der Waals surface area contributed by atoms with Gasteiger partial charge in [0, 0.05) is 19.2 Å². The highest BCUT2D eigenvalue weighted by molar-refractivity contribution is 6.23. The van der Waals surface area contributed by atoms with Gasteiger partial charge in [0.15, 0.2) is 0 Å². The molecule has 0 bridgehead atoms. The summed E-state index contributed by atoms with van der Waals surface area (Å²) in [7, 11) is 1.68. The first kappa shape index (κ1) is 20.0. The fourth-order valence-electron chi connectivity index (χ4n) is 4.01. The summed E-state index contributed by atoms with van der Waals surface area (Å²) in [5.74, 6) is 0.815. The van der Waals surface area contributed by atoms with Crippen molar-refractivity contribution in [2.24, 2.45) is 4.99 Å². The number of carbonyl (C=O) groups is 2. The maximum atomic E-state index is 13.4. The highest BCUT2D eigenvalue weighted by Crippen LogP contribution is 2.22. The number of hydrogen-bond donors (Lipinski definition) is 0. The van der Waals surface area contributed by atoms with E-state index in [1.807, 2.05) is 62.6 Å². The monoisotopic (exact) mass is 407 g/mol. The molecule has 0 aliphatic carbocycles. The van der Waals surface area contributed by atoms with Crippen molar-refractivity contribution in [3.05, 3.63) is 52.8 Å². The SMILES string of the molecule is CC[N+]1=C(n2nc(C)c(C)c2C)N=C2C1C(=O)N(CCc1ccccc1)C(=O)N2C. The van der Waals surface area contributed by atoms with Crippen LogP contribution in [0.15, 0.2) is 35.3 Å². The van der Waals surface area contributed by atoms with Gasteiger partial charge in [0.05, 0.1) is 12.2 Å². The molecule has 1 aromatic heterocycles. The molecule has 3 amide bonds. The molecule has 2 aliphatic rings. The van der Waals surface area contributed by atoms with Crippen molar-refractivity contribution in [2.45, 2.75) is 40.2 Å². The van der Waals surface area contributed by atoms with E-state index in [4.69, 9.17) is 4.99 Å². The van der Waals surface area contributed by atoms with Crippen LogP contribution in [-0.4, -0.2) is 74.1 Å². The van der Waals surface area contributed by atoms with E-state index in [1.165, 1.54) is 9.80 Å². The van der Waals surface area contributed by atoms with Crippen LogP contribution in [0.4, 0.5) is 4.79 Å². The van der Waals surface area contributed by atoms with Crippen LogP contribution in [0.5, 0.6) is 0 Å². The maximum absolute atomic E-state index is 13.4. The fourth-order valence-corrected chi connectivity index (χ4v) is 4.01. The van der Waals surface area contributed by atoms with Gasteiger partial charge in [-0.1, -0.05) is 35.3 Å². The maximum Gasteiger partial charge on any atom is 0.421 e. The summed E-state index contributed by atoms with van der Waals surface area (Å²) in [5.41, 5.74) is 4.08. The Kier molecular flexibility index (Phi) is 5.01. The summed E-state index contributed by atoms with van der Waals surface area (Å²) in [4.78, 5) is 33.9. The zero-order valence-corrected chi connectivity index (χ0v) is 18.1. The molecule has 2 aromatic rings. The molecule has 0 radical (unpaired) electrons. The lowest BCUT2D eigenvalue weighted by atomic mass is 10.1. The van der Waals surface area contributed by atoms with Gasteiger partial charge < -0.3 is 0 Å². The molecule has 1 fully saturated rings. The molecule has 0 spiro atoms. The van der Waals surface area contributed by atoms with Crippen LogP contribution in [0, 0.1) is 20.8 Å². The third-order valence-electron chi connectivity index (χ3n) is 6.04. The van der Waals surface area contributed by atoms with Crippen LogP contribution in [0.3, 0.4) is 0 Å². The predicted octanol–water partition coefficient (Wildman–Crippen LogP) is 1.96. The lowest BCUT2D eigenvalue weighted by Gasteiger charge is -2.34.